The summed E-state index contributed by atoms with van der Waals surface area (Å²) in [5.41, 5.74) is 3.58. The zero-order chi connectivity index (χ0) is 36.8. The van der Waals surface area contributed by atoms with Gasteiger partial charge >= 0.3 is 0 Å². The molecule has 0 spiro atoms. The zero-order valence-corrected chi connectivity index (χ0v) is 39.7. The van der Waals surface area contributed by atoms with Crippen molar-refractivity contribution >= 4 is 69.2 Å². The van der Waals surface area contributed by atoms with Crippen LogP contribution in [-0.2, 0) is 0 Å². The Bertz CT molecular complexity index is 1650. The van der Waals surface area contributed by atoms with Gasteiger partial charge in [0, 0.05) is 32.3 Å². The quantitative estimate of drug-likeness (QED) is 0.105. The minimum atomic E-state index is -2.41. The van der Waals surface area contributed by atoms with E-state index >= 15 is 0 Å². The molecule has 1 heterocycles. The molecule has 1 aliphatic heterocycles. The van der Waals surface area contributed by atoms with Crippen LogP contribution in [0.2, 0.25) is 99.7 Å². The van der Waals surface area contributed by atoms with Gasteiger partial charge in [0.05, 0.1) is 0 Å². The van der Waals surface area contributed by atoms with Crippen molar-refractivity contribution in [1.82, 2.24) is 0 Å². The molecule has 0 unspecified atom stereocenters. The van der Waals surface area contributed by atoms with E-state index in [4.69, 9.17) is 0 Å². The number of benzene rings is 4. The summed E-state index contributed by atoms with van der Waals surface area (Å²) in [6.07, 6.45) is 1.28. The predicted molar refractivity (Wildman–Crippen MR) is 243 cm³/mol. The monoisotopic (exact) mass is 762 g/mol. The van der Waals surface area contributed by atoms with Crippen molar-refractivity contribution in [3.63, 3.8) is 0 Å². The van der Waals surface area contributed by atoms with Crippen LogP contribution < -0.4 is 20.7 Å². The van der Waals surface area contributed by atoms with Crippen molar-refractivity contribution in [2.75, 3.05) is 0 Å². The fourth-order valence-electron chi connectivity index (χ4n) is 12.1. The van der Waals surface area contributed by atoms with Crippen molar-refractivity contribution in [2.45, 2.75) is 113 Å². The van der Waals surface area contributed by atoms with Gasteiger partial charge in [0.1, 0.15) is 16.1 Å². The van der Waals surface area contributed by atoms with Crippen LogP contribution in [0, 0.1) is 0 Å². The fourth-order valence-corrected chi connectivity index (χ4v) is 69.8. The molecule has 0 saturated carbocycles. The summed E-state index contributed by atoms with van der Waals surface area (Å²) in [5, 5.41) is 6.69. The van der Waals surface area contributed by atoms with Crippen molar-refractivity contribution in [3.8, 4) is 0 Å². The number of rotatable bonds is 11. The van der Waals surface area contributed by atoms with Gasteiger partial charge in [-0.15, -0.1) is 0 Å². The topological polar surface area (TPSA) is 0 Å². The van der Waals surface area contributed by atoms with Gasteiger partial charge in [-0.1, -0.05) is 232 Å². The maximum atomic E-state index is 2.75. The van der Waals surface area contributed by atoms with Gasteiger partial charge in [-0.25, -0.2) is 0 Å². The summed E-state index contributed by atoms with van der Waals surface area (Å²) in [6.45, 7) is 35.3. The second-order valence-corrected chi connectivity index (χ2v) is 52.6. The van der Waals surface area contributed by atoms with Gasteiger partial charge in [-0.3, -0.25) is 0 Å². The van der Waals surface area contributed by atoms with Gasteiger partial charge < -0.3 is 0 Å². The van der Waals surface area contributed by atoms with E-state index in [1.54, 1.807) is 26.3 Å². The molecule has 6 heteroatoms. The van der Waals surface area contributed by atoms with Crippen LogP contribution in [0.3, 0.4) is 0 Å². The van der Waals surface area contributed by atoms with Crippen LogP contribution in [0.1, 0.15) is 13.3 Å². The number of hydrogen-bond donors (Lipinski definition) is 0. The molecule has 0 aliphatic carbocycles. The van der Waals surface area contributed by atoms with E-state index in [0.29, 0.717) is 4.28 Å². The maximum Gasteiger partial charge on any atom is 0.123 e. The Morgan fingerprint density at radius 3 is 1.18 bits per heavy atom. The average molecular weight is 764 g/mol. The first kappa shape index (κ1) is 39.1. The maximum absolute atomic E-state index is 2.75. The van der Waals surface area contributed by atoms with Crippen LogP contribution in [-0.4, -0.2) is 48.4 Å². The minimum absolute atomic E-state index is 0.365. The van der Waals surface area contributed by atoms with Crippen molar-refractivity contribution in [1.29, 1.82) is 0 Å². The van der Waals surface area contributed by atoms with Gasteiger partial charge in [-0.2, -0.15) is 0 Å². The zero-order valence-electron chi connectivity index (χ0n) is 33.7. The van der Waals surface area contributed by atoms with Crippen molar-refractivity contribution in [2.24, 2.45) is 0 Å². The van der Waals surface area contributed by atoms with E-state index < -0.39 is 48.4 Å². The molecule has 4 aromatic carbocycles. The summed E-state index contributed by atoms with van der Waals surface area (Å²) in [7, 11) is -11.6. The van der Waals surface area contributed by atoms with Gasteiger partial charge in [0.25, 0.3) is 0 Å². The molecule has 0 amide bonds. The summed E-state index contributed by atoms with van der Waals surface area (Å²) in [6, 6.07) is 50.8. The van der Waals surface area contributed by atoms with E-state index in [0.717, 1.165) is 4.79 Å². The normalized spacial score (nSPS) is 17.2. The molecule has 5 rings (SSSR count). The second-order valence-electron chi connectivity index (χ2n) is 19.8. The van der Waals surface area contributed by atoms with Crippen LogP contribution in [0.4, 0.5) is 0 Å². The molecule has 1 aliphatic rings. The Kier molecular flexibility index (Phi) is 11.0. The van der Waals surface area contributed by atoms with Gasteiger partial charge in [0.2, 0.25) is 0 Å². The third-order valence-electron chi connectivity index (χ3n) is 12.7. The molecule has 0 fully saturated rings. The highest BCUT2D eigenvalue weighted by Crippen LogP contribution is 2.62. The Hall–Kier alpha value is -2.08. The Labute approximate surface area is 312 Å². The smallest absolute Gasteiger partial charge is 0.0753 e. The Morgan fingerprint density at radius 2 is 0.860 bits per heavy atom. The van der Waals surface area contributed by atoms with E-state index in [1.165, 1.54) is 18.5 Å². The SMILES string of the molecule is CC1=C(C[Si](c2ccccc2)(c2ccccc2)C([Si](C)(C)C)[Si](C)(C)C)C[Si](c2ccccc2)(c2ccccc2)C([Si](C)(C)C)([Si](C)(C)C)C1. The molecule has 0 saturated heterocycles. The minimum Gasteiger partial charge on any atom is -0.0753 e. The molecule has 0 atom stereocenters. The molecule has 0 aromatic heterocycles. The molecule has 50 heavy (non-hydrogen) atoms. The number of allylic oxidation sites excluding steroid dienone is 2. The van der Waals surface area contributed by atoms with Gasteiger partial charge in [-0.05, 0) is 34.5 Å². The van der Waals surface area contributed by atoms with E-state index in [-0.39, 0.29) is 0 Å². The molecule has 0 N–H and O–H groups in total. The van der Waals surface area contributed by atoms with Crippen LogP contribution in [0.15, 0.2) is 132 Å². The van der Waals surface area contributed by atoms with Crippen LogP contribution in [0.25, 0.3) is 0 Å². The molecule has 266 valence electrons. The third-order valence-corrected chi connectivity index (χ3v) is 56.5. The predicted octanol–water partition coefficient (Wildman–Crippen LogP) is 10.9. The Morgan fingerprint density at radius 1 is 0.520 bits per heavy atom. The van der Waals surface area contributed by atoms with E-state index in [1.807, 2.05) is 5.57 Å². The fraction of sp³-hybridized carbons (Fsp3) is 0.409. The molecular weight excluding hydrogens is 697 g/mol. The molecule has 4 aromatic rings. The highest BCUT2D eigenvalue weighted by molar-refractivity contribution is 7.25. The highest BCUT2D eigenvalue weighted by Gasteiger charge is 2.68. The van der Waals surface area contributed by atoms with Gasteiger partial charge in [0.15, 0.2) is 0 Å². The Balaban J connectivity index is 1.95. The highest BCUT2D eigenvalue weighted by atomic mass is 28.5. The first-order chi connectivity index (χ1) is 23.2. The molecular formula is C44H66Si6. The average Bonchev–Trinajstić information content (AvgIpc) is 3.04. The van der Waals surface area contributed by atoms with Crippen LogP contribution >= 0.6 is 0 Å². The third kappa shape index (κ3) is 6.66. The second kappa shape index (κ2) is 14.0. The molecule has 0 nitrogen and oxygen atoms in total. The summed E-state index contributed by atoms with van der Waals surface area (Å²) in [5.74, 6) is 0. The lowest BCUT2D eigenvalue weighted by atomic mass is 10.1. The number of hydrogen-bond acceptors (Lipinski definition) is 0. The van der Waals surface area contributed by atoms with Crippen molar-refractivity contribution in [3.05, 3.63) is 132 Å². The lowest BCUT2D eigenvalue weighted by Crippen LogP contribution is -2.79. The molecule has 0 radical (unpaired) electrons. The summed E-state index contributed by atoms with van der Waals surface area (Å²) < 4.78 is 0.365. The first-order valence-electron chi connectivity index (χ1n) is 19.1. The first-order valence-corrected chi connectivity index (χ1v) is 37.8. The standard InChI is InChI=1S/C44H66Si6/c1-37-34-44(47(8,9)10,48(11,12)13)50(41-30-22-16-23-31-41,42-32-24-17-25-33-42)36-38(37)35-49(39-26-18-14-19-27-39,40-28-20-15-21-29-40)43(45(2,3)4)46(5,6)7/h14-33,43H,34-36H2,1-13H3. The van der Waals surface area contributed by atoms with Crippen molar-refractivity contribution < 1.29 is 0 Å². The lowest BCUT2D eigenvalue weighted by Gasteiger charge is -2.65. The lowest BCUT2D eigenvalue weighted by molar-refractivity contribution is 0.823. The summed E-state index contributed by atoms with van der Waals surface area (Å²) in [4.78, 5) is 0.790. The van der Waals surface area contributed by atoms with Crippen LogP contribution in [0.5, 0.6) is 0 Å². The van der Waals surface area contributed by atoms with E-state index in [2.05, 4.69) is 207 Å². The van der Waals surface area contributed by atoms with E-state index in [9.17, 15) is 0 Å². The largest absolute Gasteiger partial charge is 0.123 e. The molecule has 0 bridgehead atoms. The summed E-state index contributed by atoms with van der Waals surface area (Å²) >= 11 is 0.